The highest BCUT2D eigenvalue weighted by Crippen LogP contribution is 2.21. The van der Waals surface area contributed by atoms with E-state index in [0.29, 0.717) is 17.6 Å². The van der Waals surface area contributed by atoms with Crippen molar-refractivity contribution in [2.75, 3.05) is 30.8 Å². The first-order valence-corrected chi connectivity index (χ1v) is 5.79. The normalized spacial score (nSPS) is 19.9. The minimum atomic E-state index is 0.551. The lowest BCUT2D eigenvalue weighted by Crippen LogP contribution is -2.14. The van der Waals surface area contributed by atoms with E-state index in [9.17, 15) is 0 Å². The van der Waals surface area contributed by atoms with Crippen LogP contribution in [0.15, 0.2) is 22.6 Å². The number of anilines is 2. The fraction of sp³-hybridized carbons (Fsp3) is 0.417. The summed E-state index contributed by atoms with van der Waals surface area (Å²) in [5.41, 5.74) is 7.91. The van der Waals surface area contributed by atoms with Crippen molar-refractivity contribution >= 4 is 22.8 Å². The number of nitrogen functional groups attached to an aromatic ring is 1. The van der Waals surface area contributed by atoms with Gasteiger partial charge in [-0.15, -0.1) is 0 Å². The van der Waals surface area contributed by atoms with E-state index in [-0.39, 0.29) is 0 Å². The summed E-state index contributed by atoms with van der Waals surface area (Å²) in [6.45, 7) is 2.51. The summed E-state index contributed by atoms with van der Waals surface area (Å²) in [7, 11) is 0. The van der Waals surface area contributed by atoms with Crippen molar-refractivity contribution < 1.29 is 9.15 Å². The molecule has 1 saturated heterocycles. The fourth-order valence-corrected chi connectivity index (χ4v) is 1.99. The number of benzene rings is 1. The highest BCUT2D eigenvalue weighted by atomic mass is 16.5. The Morgan fingerprint density at radius 3 is 3.24 bits per heavy atom. The molecule has 1 aromatic carbocycles. The summed E-state index contributed by atoms with van der Waals surface area (Å²) >= 11 is 0. The summed E-state index contributed by atoms with van der Waals surface area (Å²) in [5.74, 6) is 0.551. The van der Waals surface area contributed by atoms with Gasteiger partial charge < -0.3 is 20.2 Å². The zero-order valence-electron chi connectivity index (χ0n) is 9.48. The van der Waals surface area contributed by atoms with Crippen molar-refractivity contribution in [3.8, 4) is 0 Å². The van der Waals surface area contributed by atoms with E-state index < -0.39 is 0 Å². The van der Waals surface area contributed by atoms with Gasteiger partial charge in [-0.3, -0.25) is 0 Å². The van der Waals surface area contributed by atoms with Gasteiger partial charge in [0, 0.05) is 30.8 Å². The maximum Gasteiger partial charge on any atom is 0.295 e. The average molecular weight is 233 g/mol. The minimum absolute atomic E-state index is 0.551. The van der Waals surface area contributed by atoms with Gasteiger partial charge in [-0.05, 0) is 18.6 Å². The van der Waals surface area contributed by atoms with Crippen molar-refractivity contribution in [1.29, 1.82) is 0 Å². The molecule has 3 rings (SSSR count). The number of oxazole rings is 1. The number of nitrogens with one attached hydrogen (secondary N) is 1. The monoisotopic (exact) mass is 233 g/mol. The van der Waals surface area contributed by atoms with Crippen molar-refractivity contribution in [2.24, 2.45) is 5.92 Å². The molecule has 17 heavy (non-hydrogen) atoms. The van der Waals surface area contributed by atoms with Crippen LogP contribution in [-0.4, -0.2) is 24.7 Å². The van der Waals surface area contributed by atoms with Gasteiger partial charge in [0.25, 0.3) is 6.01 Å². The van der Waals surface area contributed by atoms with Crippen molar-refractivity contribution in [3.63, 3.8) is 0 Å². The molecule has 0 spiro atoms. The summed E-state index contributed by atoms with van der Waals surface area (Å²) in [6.07, 6.45) is 1.10. The molecule has 3 N–H and O–H groups in total. The molecule has 0 radical (unpaired) electrons. The first kappa shape index (κ1) is 10.4. The van der Waals surface area contributed by atoms with Crippen molar-refractivity contribution in [1.82, 2.24) is 4.98 Å². The van der Waals surface area contributed by atoms with Gasteiger partial charge in [-0.25, -0.2) is 0 Å². The van der Waals surface area contributed by atoms with Crippen LogP contribution in [0.2, 0.25) is 0 Å². The van der Waals surface area contributed by atoms with Crippen LogP contribution in [0.25, 0.3) is 11.1 Å². The highest BCUT2D eigenvalue weighted by Gasteiger charge is 2.16. The molecule has 1 aliphatic heterocycles. The zero-order valence-corrected chi connectivity index (χ0v) is 9.48. The predicted octanol–water partition coefficient (Wildman–Crippen LogP) is 1.86. The Hall–Kier alpha value is -1.75. The Morgan fingerprint density at radius 2 is 2.41 bits per heavy atom. The minimum Gasteiger partial charge on any atom is -0.423 e. The third kappa shape index (κ3) is 2.19. The molecule has 2 heterocycles. The molecule has 0 saturated carbocycles. The number of ether oxygens (including phenoxy) is 1. The lowest BCUT2D eigenvalue weighted by Gasteiger charge is -2.06. The summed E-state index contributed by atoms with van der Waals surface area (Å²) < 4.78 is 10.9. The first-order chi connectivity index (χ1) is 8.31. The highest BCUT2D eigenvalue weighted by molar-refractivity contribution is 5.78. The van der Waals surface area contributed by atoms with Crippen LogP contribution in [0.1, 0.15) is 6.42 Å². The van der Waals surface area contributed by atoms with Crippen LogP contribution in [0.4, 0.5) is 11.7 Å². The van der Waals surface area contributed by atoms with E-state index in [1.165, 1.54) is 0 Å². The number of hydrogen-bond donors (Lipinski definition) is 2. The molecule has 1 aromatic heterocycles. The molecule has 0 amide bonds. The van der Waals surface area contributed by atoms with Crippen LogP contribution < -0.4 is 11.1 Å². The average Bonchev–Trinajstić information content (AvgIpc) is 2.94. The van der Waals surface area contributed by atoms with Crippen LogP contribution in [0.5, 0.6) is 0 Å². The Labute approximate surface area is 98.9 Å². The third-order valence-electron chi connectivity index (χ3n) is 2.98. The number of rotatable bonds is 3. The van der Waals surface area contributed by atoms with Gasteiger partial charge in [-0.2, -0.15) is 4.98 Å². The smallest absolute Gasteiger partial charge is 0.295 e. The number of nitrogens with zero attached hydrogens (tertiary/aromatic N) is 1. The Balaban J connectivity index is 1.72. The van der Waals surface area contributed by atoms with E-state index in [2.05, 4.69) is 10.3 Å². The lowest BCUT2D eigenvalue weighted by atomic mass is 10.1. The molecule has 5 heteroatoms. The Bertz CT molecular complexity index is 517. The van der Waals surface area contributed by atoms with Crippen LogP contribution in [0.3, 0.4) is 0 Å². The molecule has 90 valence electrons. The molecular formula is C12H15N3O2. The Kier molecular flexibility index (Phi) is 2.60. The summed E-state index contributed by atoms with van der Waals surface area (Å²) in [6, 6.07) is 6.02. The van der Waals surface area contributed by atoms with Gasteiger partial charge in [0.1, 0.15) is 5.52 Å². The number of aromatic nitrogens is 1. The van der Waals surface area contributed by atoms with E-state index in [1.54, 1.807) is 6.07 Å². The molecule has 0 bridgehead atoms. The van der Waals surface area contributed by atoms with Gasteiger partial charge >= 0.3 is 0 Å². The molecule has 1 atom stereocenters. The molecule has 1 unspecified atom stereocenters. The quantitative estimate of drug-likeness (QED) is 0.791. The fourth-order valence-electron chi connectivity index (χ4n) is 1.99. The second-order valence-electron chi connectivity index (χ2n) is 4.36. The topological polar surface area (TPSA) is 73.3 Å². The third-order valence-corrected chi connectivity index (χ3v) is 2.98. The molecule has 0 aliphatic carbocycles. The SMILES string of the molecule is Nc1ccc2nc(NCC3CCOC3)oc2c1. The molecule has 1 aliphatic rings. The molecule has 2 aromatic rings. The second-order valence-corrected chi connectivity index (χ2v) is 4.36. The summed E-state index contributed by atoms with van der Waals surface area (Å²) in [5, 5.41) is 3.20. The molecular weight excluding hydrogens is 218 g/mol. The maximum atomic E-state index is 5.68. The van der Waals surface area contributed by atoms with Crippen LogP contribution in [0, 0.1) is 5.92 Å². The van der Waals surface area contributed by atoms with Crippen molar-refractivity contribution in [2.45, 2.75) is 6.42 Å². The van der Waals surface area contributed by atoms with Gasteiger partial charge in [-0.1, -0.05) is 0 Å². The van der Waals surface area contributed by atoms with Crippen LogP contribution in [-0.2, 0) is 4.74 Å². The van der Waals surface area contributed by atoms with Crippen molar-refractivity contribution in [3.05, 3.63) is 18.2 Å². The van der Waals surface area contributed by atoms with Gasteiger partial charge in [0.15, 0.2) is 5.58 Å². The number of hydrogen-bond acceptors (Lipinski definition) is 5. The standard InChI is InChI=1S/C12H15N3O2/c13-9-1-2-10-11(5-9)17-12(15-10)14-6-8-3-4-16-7-8/h1-2,5,8H,3-4,6-7,13H2,(H,14,15). The Morgan fingerprint density at radius 1 is 1.47 bits per heavy atom. The van der Waals surface area contributed by atoms with Gasteiger partial charge in [0.2, 0.25) is 0 Å². The summed E-state index contributed by atoms with van der Waals surface area (Å²) in [4.78, 5) is 4.34. The zero-order chi connectivity index (χ0) is 11.7. The maximum absolute atomic E-state index is 5.68. The second kappa shape index (κ2) is 4.25. The molecule has 1 fully saturated rings. The predicted molar refractivity (Wildman–Crippen MR) is 65.8 cm³/mol. The molecule has 5 nitrogen and oxygen atoms in total. The van der Waals surface area contributed by atoms with E-state index in [4.69, 9.17) is 14.9 Å². The first-order valence-electron chi connectivity index (χ1n) is 5.79. The van der Waals surface area contributed by atoms with E-state index in [0.717, 1.165) is 37.3 Å². The van der Waals surface area contributed by atoms with Crippen LogP contribution >= 0.6 is 0 Å². The number of nitrogens with two attached hydrogens (primary N) is 1. The van der Waals surface area contributed by atoms with Gasteiger partial charge in [0.05, 0.1) is 6.61 Å². The van der Waals surface area contributed by atoms with E-state index in [1.807, 2.05) is 12.1 Å². The van der Waals surface area contributed by atoms with E-state index >= 15 is 0 Å². The lowest BCUT2D eigenvalue weighted by molar-refractivity contribution is 0.187. The number of fused-ring (bicyclic) bond motifs is 1. The largest absolute Gasteiger partial charge is 0.423 e.